The van der Waals surface area contributed by atoms with Crippen LogP contribution in [0.3, 0.4) is 0 Å². The molecule has 1 unspecified atom stereocenters. The fourth-order valence-electron chi connectivity index (χ4n) is 4.30. The molecule has 0 radical (unpaired) electrons. The quantitative estimate of drug-likeness (QED) is 0.795. The number of hydrogen-bond donors (Lipinski definition) is 2. The minimum atomic E-state index is -0.363. The Morgan fingerprint density at radius 1 is 1.24 bits per heavy atom. The smallest absolute Gasteiger partial charge is 0.274 e. The highest BCUT2D eigenvalue weighted by molar-refractivity contribution is 5.95. The van der Waals surface area contributed by atoms with Crippen LogP contribution in [0.4, 0.5) is 4.39 Å². The summed E-state index contributed by atoms with van der Waals surface area (Å²) >= 11 is 0. The third kappa shape index (κ3) is 3.76. The maximum absolute atomic E-state index is 14.3. The van der Waals surface area contributed by atoms with Gasteiger partial charge >= 0.3 is 0 Å². The average molecular weight is 399 g/mol. The van der Waals surface area contributed by atoms with Gasteiger partial charge in [0.15, 0.2) is 5.69 Å². The van der Waals surface area contributed by atoms with Gasteiger partial charge in [-0.3, -0.25) is 9.59 Å². The van der Waals surface area contributed by atoms with Crippen LogP contribution in [0.25, 0.3) is 5.69 Å². The average Bonchev–Trinajstić information content (AvgIpc) is 3.35. The Morgan fingerprint density at radius 2 is 2.07 bits per heavy atom. The fourth-order valence-corrected chi connectivity index (χ4v) is 4.30. The number of nitrogens with zero attached hydrogens (tertiary/aromatic N) is 3. The second-order valence-electron chi connectivity index (χ2n) is 7.66. The van der Waals surface area contributed by atoms with Gasteiger partial charge in [-0.25, -0.2) is 9.07 Å². The number of benzene rings is 1. The first-order valence-corrected chi connectivity index (χ1v) is 10.2. The third-order valence-corrected chi connectivity index (χ3v) is 5.74. The highest BCUT2D eigenvalue weighted by Crippen LogP contribution is 2.30. The van der Waals surface area contributed by atoms with E-state index in [2.05, 4.69) is 10.4 Å². The molecule has 154 valence electrons. The number of nitrogens with two attached hydrogens (primary N) is 1. The molecule has 7 nitrogen and oxygen atoms in total. The van der Waals surface area contributed by atoms with Crippen molar-refractivity contribution >= 4 is 11.8 Å². The third-order valence-electron chi connectivity index (χ3n) is 5.74. The summed E-state index contributed by atoms with van der Waals surface area (Å²) in [5.74, 6) is -0.830. The number of hydrogen-bond acceptors (Lipinski definition) is 4. The zero-order valence-electron chi connectivity index (χ0n) is 16.4. The number of rotatable bonds is 5. The first kappa shape index (κ1) is 19.6. The van der Waals surface area contributed by atoms with Crippen molar-refractivity contribution in [3.05, 3.63) is 47.0 Å². The summed E-state index contributed by atoms with van der Waals surface area (Å²) < 4.78 is 15.9. The zero-order chi connectivity index (χ0) is 20.4. The van der Waals surface area contributed by atoms with Crippen LogP contribution in [0, 0.1) is 11.7 Å². The number of aromatic nitrogens is 2. The van der Waals surface area contributed by atoms with Crippen LogP contribution in [0.1, 0.15) is 41.0 Å². The molecule has 3 N–H and O–H groups in total. The molecule has 1 aromatic carbocycles. The Balaban J connectivity index is 1.59. The number of nitrogens with one attached hydrogen (secondary N) is 1. The molecule has 2 heterocycles. The molecular formula is C21H26FN5O2. The van der Waals surface area contributed by atoms with Gasteiger partial charge in [-0.1, -0.05) is 12.1 Å². The first-order valence-electron chi connectivity index (χ1n) is 10.2. The number of carbonyl (C=O) groups excluding carboxylic acids is 2. The van der Waals surface area contributed by atoms with Crippen LogP contribution in [-0.2, 0) is 17.6 Å². The van der Waals surface area contributed by atoms with Gasteiger partial charge in [-0.15, -0.1) is 0 Å². The molecule has 1 atom stereocenters. The first-order chi connectivity index (χ1) is 14.1. The SMILES string of the molecule is NCCNC(=O)C1CCCN(C(=O)c2nn(-c3ccccc3F)c3c2CCC3)C1. The lowest BCUT2D eigenvalue weighted by molar-refractivity contribution is -0.126. The van der Waals surface area contributed by atoms with Gasteiger partial charge in [0.2, 0.25) is 5.91 Å². The van der Waals surface area contributed by atoms with Crippen LogP contribution in [-0.4, -0.2) is 52.7 Å². The maximum atomic E-state index is 14.3. The summed E-state index contributed by atoms with van der Waals surface area (Å²) in [6.07, 6.45) is 3.98. The molecule has 1 fully saturated rings. The van der Waals surface area contributed by atoms with E-state index in [4.69, 9.17) is 5.73 Å². The van der Waals surface area contributed by atoms with Gasteiger partial charge in [-0.05, 0) is 44.2 Å². The van der Waals surface area contributed by atoms with E-state index in [0.29, 0.717) is 37.6 Å². The second-order valence-corrected chi connectivity index (χ2v) is 7.66. The summed E-state index contributed by atoms with van der Waals surface area (Å²) in [7, 11) is 0. The molecule has 29 heavy (non-hydrogen) atoms. The number of halogens is 1. The van der Waals surface area contributed by atoms with Crippen molar-refractivity contribution in [2.24, 2.45) is 11.7 Å². The van der Waals surface area contributed by atoms with Gasteiger partial charge in [-0.2, -0.15) is 5.10 Å². The molecular weight excluding hydrogens is 373 g/mol. The lowest BCUT2D eigenvalue weighted by Gasteiger charge is -2.31. The predicted molar refractivity (Wildman–Crippen MR) is 106 cm³/mol. The van der Waals surface area contributed by atoms with Crippen molar-refractivity contribution in [1.29, 1.82) is 0 Å². The molecule has 1 saturated heterocycles. The molecule has 0 bridgehead atoms. The van der Waals surface area contributed by atoms with Gasteiger partial charge in [0, 0.05) is 37.4 Å². The van der Waals surface area contributed by atoms with E-state index in [0.717, 1.165) is 43.4 Å². The monoisotopic (exact) mass is 399 g/mol. The Bertz CT molecular complexity index is 926. The fraction of sp³-hybridized carbons (Fsp3) is 0.476. The Morgan fingerprint density at radius 3 is 2.86 bits per heavy atom. The molecule has 8 heteroatoms. The number of carbonyl (C=O) groups is 2. The molecule has 1 aliphatic carbocycles. The molecule has 2 aromatic rings. The summed E-state index contributed by atoms with van der Waals surface area (Å²) in [6, 6.07) is 6.47. The summed E-state index contributed by atoms with van der Waals surface area (Å²) in [4.78, 5) is 27.3. The van der Waals surface area contributed by atoms with Crippen molar-refractivity contribution in [3.8, 4) is 5.69 Å². The minimum absolute atomic E-state index is 0.0601. The Labute approximate surface area is 169 Å². The molecule has 1 aromatic heterocycles. The zero-order valence-corrected chi connectivity index (χ0v) is 16.4. The van der Waals surface area contributed by atoms with E-state index in [1.54, 1.807) is 27.8 Å². The van der Waals surface area contributed by atoms with E-state index >= 15 is 0 Å². The van der Waals surface area contributed by atoms with Crippen molar-refractivity contribution < 1.29 is 14.0 Å². The summed E-state index contributed by atoms with van der Waals surface area (Å²) in [5, 5.41) is 7.34. The van der Waals surface area contributed by atoms with Crippen molar-refractivity contribution in [1.82, 2.24) is 20.0 Å². The number of likely N-dealkylation sites (tertiary alicyclic amines) is 1. The van der Waals surface area contributed by atoms with Crippen LogP contribution in [0.5, 0.6) is 0 Å². The van der Waals surface area contributed by atoms with Gasteiger partial charge in [0.1, 0.15) is 11.5 Å². The number of para-hydroxylation sites is 1. The highest BCUT2D eigenvalue weighted by Gasteiger charge is 2.33. The van der Waals surface area contributed by atoms with E-state index in [1.807, 2.05) is 0 Å². The van der Waals surface area contributed by atoms with Crippen LogP contribution in [0.2, 0.25) is 0 Å². The lowest BCUT2D eigenvalue weighted by Crippen LogP contribution is -2.46. The van der Waals surface area contributed by atoms with E-state index in [-0.39, 0.29) is 23.5 Å². The van der Waals surface area contributed by atoms with E-state index in [9.17, 15) is 14.0 Å². The number of fused-ring (bicyclic) bond motifs is 1. The lowest BCUT2D eigenvalue weighted by atomic mass is 9.96. The van der Waals surface area contributed by atoms with Crippen LogP contribution < -0.4 is 11.1 Å². The Hall–Kier alpha value is -2.74. The van der Waals surface area contributed by atoms with Gasteiger partial charge in [0.25, 0.3) is 5.91 Å². The molecule has 1 aliphatic heterocycles. The van der Waals surface area contributed by atoms with Crippen molar-refractivity contribution in [2.45, 2.75) is 32.1 Å². The van der Waals surface area contributed by atoms with Crippen molar-refractivity contribution in [2.75, 3.05) is 26.2 Å². The minimum Gasteiger partial charge on any atom is -0.355 e. The number of amides is 2. The Kier molecular flexibility index (Phi) is 5.62. The van der Waals surface area contributed by atoms with Crippen LogP contribution >= 0.6 is 0 Å². The summed E-state index contributed by atoms with van der Waals surface area (Å²) in [5.41, 5.74) is 8.03. The molecule has 2 amide bonds. The second kappa shape index (κ2) is 8.32. The highest BCUT2D eigenvalue weighted by atomic mass is 19.1. The number of piperidine rings is 1. The van der Waals surface area contributed by atoms with E-state index in [1.165, 1.54) is 6.07 Å². The topological polar surface area (TPSA) is 93.2 Å². The predicted octanol–water partition coefficient (Wildman–Crippen LogP) is 1.43. The normalized spacial score (nSPS) is 18.6. The molecule has 0 spiro atoms. The van der Waals surface area contributed by atoms with Crippen molar-refractivity contribution in [3.63, 3.8) is 0 Å². The van der Waals surface area contributed by atoms with Crippen LogP contribution in [0.15, 0.2) is 24.3 Å². The maximum Gasteiger partial charge on any atom is 0.274 e. The van der Waals surface area contributed by atoms with Gasteiger partial charge < -0.3 is 16.0 Å². The largest absolute Gasteiger partial charge is 0.355 e. The molecule has 2 aliphatic rings. The standard InChI is InChI=1S/C21H26FN5O2/c22-16-7-1-2-8-18(16)27-17-9-3-6-15(17)19(25-27)21(29)26-12-4-5-14(13-26)20(28)24-11-10-23/h1-2,7-8,14H,3-6,9-13,23H2,(H,24,28). The summed E-state index contributed by atoms with van der Waals surface area (Å²) in [6.45, 7) is 1.79. The molecule has 0 saturated carbocycles. The molecule has 4 rings (SSSR count). The van der Waals surface area contributed by atoms with Gasteiger partial charge in [0.05, 0.1) is 5.92 Å². The van der Waals surface area contributed by atoms with E-state index < -0.39 is 0 Å².